The van der Waals surface area contributed by atoms with E-state index in [0.717, 1.165) is 12.1 Å². The van der Waals surface area contributed by atoms with E-state index in [0.29, 0.717) is 11.1 Å². The van der Waals surface area contributed by atoms with Gasteiger partial charge in [0.05, 0.1) is 11.3 Å². The molecule has 0 spiro atoms. The van der Waals surface area contributed by atoms with E-state index in [4.69, 9.17) is 0 Å². The summed E-state index contributed by atoms with van der Waals surface area (Å²) in [4.78, 5) is 12.6. The van der Waals surface area contributed by atoms with Crippen molar-refractivity contribution in [2.24, 2.45) is 0 Å². The maximum Gasteiger partial charge on any atom is 0.416 e. The lowest BCUT2D eigenvalue weighted by Crippen LogP contribution is -2.13. The Morgan fingerprint density at radius 3 is 2.12 bits per heavy atom. The van der Waals surface area contributed by atoms with Gasteiger partial charge in [-0.25, -0.2) is 0 Å². The number of halogens is 3. The van der Waals surface area contributed by atoms with E-state index >= 15 is 0 Å². The molecule has 0 saturated carbocycles. The van der Waals surface area contributed by atoms with E-state index in [2.05, 4.69) is 5.32 Å². The van der Waals surface area contributed by atoms with E-state index in [1.165, 1.54) is 18.2 Å². The lowest BCUT2D eigenvalue weighted by atomic mass is 9.98. The minimum absolute atomic E-state index is 0.0761. The van der Waals surface area contributed by atoms with Gasteiger partial charge in [0.1, 0.15) is 5.75 Å². The Morgan fingerprint density at radius 1 is 0.846 bits per heavy atom. The zero-order valence-corrected chi connectivity index (χ0v) is 13.4. The molecule has 6 heteroatoms. The molecule has 0 unspecified atom stereocenters. The maximum atomic E-state index is 12.7. The van der Waals surface area contributed by atoms with Gasteiger partial charge in [0.15, 0.2) is 0 Å². The molecule has 132 valence electrons. The van der Waals surface area contributed by atoms with Crippen molar-refractivity contribution in [1.29, 1.82) is 0 Å². The van der Waals surface area contributed by atoms with E-state index < -0.39 is 17.6 Å². The SMILES string of the molecule is O=C(Nc1ccccc1O)c1ccccc1-c1ccc(C(F)(F)F)cc1. The average Bonchev–Trinajstić information content (AvgIpc) is 2.63. The van der Waals surface area contributed by atoms with Crippen LogP contribution in [0.3, 0.4) is 0 Å². The molecule has 0 aromatic heterocycles. The van der Waals surface area contributed by atoms with Crippen LogP contribution in [0.4, 0.5) is 18.9 Å². The van der Waals surface area contributed by atoms with Crippen LogP contribution in [0.5, 0.6) is 5.75 Å². The molecule has 3 aromatic carbocycles. The first kappa shape index (κ1) is 17.5. The van der Waals surface area contributed by atoms with Crippen molar-refractivity contribution in [2.45, 2.75) is 6.18 Å². The Hall–Kier alpha value is -3.28. The van der Waals surface area contributed by atoms with Crippen LogP contribution in [0, 0.1) is 0 Å². The van der Waals surface area contributed by atoms with Gasteiger partial charge >= 0.3 is 6.18 Å². The number of para-hydroxylation sites is 2. The molecule has 0 aliphatic carbocycles. The smallest absolute Gasteiger partial charge is 0.416 e. The molecule has 0 heterocycles. The molecular weight excluding hydrogens is 343 g/mol. The largest absolute Gasteiger partial charge is 0.506 e. The number of carbonyl (C=O) groups excluding carboxylic acids is 1. The second kappa shape index (κ2) is 6.92. The Kier molecular flexibility index (Phi) is 4.67. The van der Waals surface area contributed by atoms with Crippen LogP contribution in [0.2, 0.25) is 0 Å². The van der Waals surface area contributed by atoms with Gasteiger partial charge in [-0.15, -0.1) is 0 Å². The molecule has 3 aromatic rings. The number of hydrogen-bond acceptors (Lipinski definition) is 2. The fourth-order valence-electron chi connectivity index (χ4n) is 2.54. The molecule has 26 heavy (non-hydrogen) atoms. The molecule has 0 aliphatic rings. The Bertz CT molecular complexity index is 934. The van der Waals surface area contributed by atoms with Crippen LogP contribution in [0.25, 0.3) is 11.1 Å². The predicted molar refractivity (Wildman–Crippen MR) is 92.9 cm³/mol. The van der Waals surface area contributed by atoms with Crippen LogP contribution in [0.1, 0.15) is 15.9 Å². The minimum atomic E-state index is -4.42. The summed E-state index contributed by atoms with van der Waals surface area (Å²) in [5.41, 5.74) is 0.766. The quantitative estimate of drug-likeness (QED) is 0.623. The number of amides is 1. The lowest BCUT2D eigenvalue weighted by molar-refractivity contribution is -0.137. The first-order valence-electron chi connectivity index (χ1n) is 7.72. The number of alkyl halides is 3. The van der Waals surface area contributed by atoms with Crippen molar-refractivity contribution >= 4 is 11.6 Å². The van der Waals surface area contributed by atoms with Crippen molar-refractivity contribution in [2.75, 3.05) is 5.32 Å². The molecule has 3 rings (SSSR count). The zero-order valence-electron chi connectivity index (χ0n) is 13.4. The number of phenols is 1. The van der Waals surface area contributed by atoms with Crippen molar-refractivity contribution in [3.63, 3.8) is 0 Å². The van der Waals surface area contributed by atoms with Gasteiger partial charge in [-0.1, -0.05) is 42.5 Å². The highest BCUT2D eigenvalue weighted by Gasteiger charge is 2.30. The first-order valence-corrected chi connectivity index (χ1v) is 7.72. The standard InChI is InChI=1S/C20H14F3NO2/c21-20(22,23)14-11-9-13(10-12-14)15-5-1-2-6-16(15)19(26)24-17-7-3-4-8-18(17)25/h1-12,25H,(H,24,26). The summed E-state index contributed by atoms with van der Waals surface area (Å²) < 4.78 is 38.2. The molecular formula is C20H14F3NO2. The normalized spacial score (nSPS) is 11.2. The summed E-state index contributed by atoms with van der Waals surface area (Å²) in [5, 5.41) is 12.4. The van der Waals surface area contributed by atoms with Crippen LogP contribution in [0.15, 0.2) is 72.8 Å². The number of phenolic OH excluding ortho intramolecular Hbond substituents is 1. The fourth-order valence-corrected chi connectivity index (χ4v) is 2.54. The van der Waals surface area contributed by atoms with E-state index in [1.54, 1.807) is 42.5 Å². The second-order valence-corrected chi connectivity index (χ2v) is 5.59. The molecule has 1 amide bonds. The predicted octanol–water partition coefficient (Wildman–Crippen LogP) is 5.33. The number of carbonyl (C=O) groups is 1. The van der Waals surface area contributed by atoms with Gasteiger partial charge in [0.25, 0.3) is 5.91 Å². The summed E-state index contributed by atoms with van der Waals surface area (Å²) in [6.07, 6.45) is -4.42. The van der Waals surface area contributed by atoms with Gasteiger partial charge in [-0.3, -0.25) is 4.79 Å². The summed E-state index contributed by atoms with van der Waals surface area (Å²) in [5.74, 6) is -0.546. The van der Waals surface area contributed by atoms with Crippen LogP contribution in [-0.4, -0.2) is 11.0 Å². The third-order valence-electron chi connectivity index (χ3n) is 3.85. The summed E-state index contributed by atoms with van der Waals surface area (Å²) >= 11 is 0. The Morgan fingerprint density at radius 2 is 1.46 bits per heavy atom. The number of aromatic hydroxyl groups is 1. The molecule has 0 fully saturated rings. The number of rotatable bonds is 3. The average molecular weight is 357 g/mol. The number of anilines is 1. The van der Waals surface area contributed by atoms with Gasteiger partial charge in [-0.2, -0.15) is 13.2 Å². The van der Waals surface area contributed by atoms with Gasteiger partial charge < -0.3 is 10.4 Å². The summed E-state index contributed by atoms with van der Waals surface area (Å²) in [7, 11) is 0. The third-order valence-corrected chi connectivity index (χ3v) is 3.85. The maximum absolute atomic E-state index is 12.7. The fraction of sp³-hybridized carbons (Fsp3) is 0.0500. The molecule has 2 N–H and O–H groups in total. The van der Waals surface area contributed by atoms with Gasteiger partial charge in [-0.05, 0) is 41.5 Å². The second-order valence-electron chi connectivity index (χ2n) is 5.59. The van der Waals surface area contributed by atoms with Crippen molar-refractivity contribution in [1.82, 2.24) is 0 Å². The third kappa shape index (κ3) is 3.69. The monoisotopic (exact) mass is 357 g/mol. The number of benzene rings is 3. The van der Waals surface area contributed by atoms with Crippen molar-refractivity contribution in [3.8, 4) is 16.9 Å². The molecule has 0 bridgehead atoms. The first-order chi connectivity index (χ1) is 12.4. The summed E-state index contributed by atoms with van der Waals surface area (Å²) in [6.45, 7) is 0. The highest BCUT2D eigenvalue weighted by molar-refractivity contribution is 6.09. The van der Waals surface area contributed by atoms with Gasteiger partial charge in [0.2, 0.25) is 0 Å². The van der Waals surface area contributed by atoms with E-state index in [-0.39, 0.29) is 17.0 Å². The minimum Gasteiger partial charge on any atom is -0.506 e. The molecule has 0 aliphatic heterocycles. The van der Waals surface area contributed by atoms with Crippen LogP contribution in [-0.2, 0) is 6.18 Å². The van der Waals surface area contributed by atoms with Crippen molar-refractivity contribution < 1.29 is 23.1 Å². The number of hydrogen-bond donors (Lipinski definition) is 2. The molecule has 0 atom stereocenters. The van der Waals surface area contributed by atoms with E-state index in [9.17, 15) is 23.1 Å². The zero-order chi connectivity index (χ0) is 18.7. The van der Waals surface area contributed by atoms with Gasteiger partial charge in [0, 0.05) is 5.56 Å². The van der Waals surface area contributed by atoms with Crippen molar-refractivity contribution in [3.05, 3.63) is 83.9 Å². The molecule has 0 saturated heterocycles. The lowest BCUT2D eigenvalue weighted by Gasteiger charge is -2.12. The Balaban J connectivity index is 1.93. The highest BCUT2D eigenvalue weighted by Crippen LogP contribution is 2.32. The Labute approximate surface area is 147 Å². The van der Waals surface area contributed by atoms with Crippen LogP contribution < -0.4 is 5.32 Å². The van der Waals surface area contributed by atoms with Crippen LogP contribution >= 0.6 is 0 Å². The molecule has 0 radical (unpaired) electrons. The topological polar surface area (TPSA) is 49.3 Å². The number of nitrogens with one attached hydrogen (secondary N) is 1. The molecule has 3 nitrogen and oxygen atoms in total. The summed E-state index contributed by atoms with van der Waals surface area (Å²) in [6, 6.07) is 17.5. The highest BCUT2D eigenvalue weighted by atomic mass is 19.4. The van der Waals surface area contributed by atoms with E-state index in [1.807, 2.05) is 0 Å².